The second-order valence-corrected chi connectivity index (χ2v) is 5.27. The van der Waals surface area contributed by atoms with Crippen LogP contribution in [0, 0.1) is 0 Å². The Kier molecular flexibility index (Phi) is 5.90. The number of benzene rings is 2. The number of carbonyl (C=O) groups is 1. The van der Waals surface area contributed by atoms with Crippen molar-refractivity contribution in [2.45, 2.75) is 19.8 Å². The summed E-state index contributed by atoms with van der Waals surface area (Å²) in [5.74, 6) is 0.0110. The first-order valence-electron chi connectivity index (χ1n) is 7.62. The van der Waals surface area contributed by atoms with Gasteiger partial charge in [-0.05, 0) is 37.3 Å². The molecule has 0 bridgehead atoms. The lowest BCUT2D eigenvalue weighted by atomic mass is 10.1. The molecule has 0 aliphatic carbocycles. The molecule has 25 heavy (non-hydrogen) atoms. The van der Waals surface area contributed by atoms with Gasteiger partial charge in [0, 0.05) is 24.7 Å². The molecule has 0 aliphatic rings. The van der Waals surface area contributed by atoms with Crippen LogP contribution in [0.3, 0.4) is 0 Å². The van der Waals surface area contributed by atoms with Gasteiger partial charge in [0.05, 0.1) is 6.61 Å². The maximum Gasteiger partial charge on any atom is 0.573 e. The van der Waals surface area contributed by atoms with E-state index in [1.807, 2.05) is 31.2 Å². The Balaban J connectivity index is 2.07. The van der Waals surface area contributed by atoms with Crippen LogP contribution in [0.5, 0.6) is 11.5 Å². The topological polar surface area (TPSA) is 38.8 Å². The normalized spacial score (nSPS) is 11.1. The molecule has 0 atom stereocenters. The molecule has 0 heterocycles. The number of hydrogen-bond donors (Lipinski definition) is 0. The van der Waals surface area contributed by atoms with Crippen LogP contribution in [-0.2, 0) is 6.54 Å². The first-order valence-corrected chi connectivity index (χ1v) is 7.62. The monoisotopic (exact) mass is 353 g/mol. The Hall–Kier alpha value is -2.70. The highest BCUT2D eigenvalue weighted by atomic mass is 19.4. The Labute approximate surface area is 143 Å². The van der Waals surface area contributed by atoms with E-state index in [0.29, 0.717) is 18.9 Å². The average Bonchev–Trinajstić information content (AvgIpc) is 2.55. The molecule has 4 nitrogen and oxygen atoms in total. The molecular weight excluding hydrogens is 335 g/mol. The zero-order chi connectivity index (χ0) is 18.4. The fourth-order valence-electron chi connectivity index (χ4n) is 2.28. The number of halogens is 3. The number of amides is 1. The van der Waals surface area contributed by atoms with Crippen molar-refractivity contribution in [1.82, 2.24) is 4.90 Å². The lowest BCUT2D eigenvalue weighted by Crippen LogP contribution is -2.26. The van der Waals surface area contributed by atoms with E-state index in [2.05, 4.69) is 4.74 Å². The third-order valence-electron chi connectivity index (χ3n) is 3.36. The van der Waals surface area contributed by atoms with E-state index in [-0.39, 0.29) is 17.2 Å². The maximum atomic E-state index is 12.4. The van der Waals surface area contributed by atoms with Gasteiger partial charge in [0.2, 0.25) is 0 Å². The molecule has 0 aromatic heterocycles. The van der Waals surface area contributed by atoms with Gasteiger partial charge in [0.25, 0.3) is 5.91 Å². The SMILES string of the molecule is CCOc1ccccc1CN(C)C(=O)c1ccc(OC(F)(F)F)cc1. The van der Waals surface area contributed by atoms with E-state index in [4.69, 9.17) is 4.74 Å². The summed E-state index contributed by atoms with van der Waals surface area (Å²) in [4.78, 5) is 13.9. The van der Waals surface area contributed by atoms with Crippen molar-refractivity contribution in [2.24, 2.45) is 0 Å². The number of carbonyl (C=O) groups excluding carboxylic acids is 1. The van der Waals surface area contributed by atoms with Crippen LogP contribution in [0.1, 0.15) is 22.8 Å². The summed E-state index contributed by atoms with van der Waals surface area (Å²) in [6.45, 7) is 2.70. The highest BCUT2D eigenvalue weighted by molar-refractivity contribution is 5.94. The minimum Gasteiger partial charge on any atom is -0.494 e. The van der Waals surface area contributed by atoms with E-state index in [1.54, 1.807) is 7.05 Å². The van der Waals surface area contributed by atoms with Crippen LogP contribution in [0.15, 0.2) is 48.5 Å². The Morgan fingerprint density at radius 3 is 2.32 bits per heavy atom. The molecule has 2 rings (SSSR count). The van der Waals surface area contributed by atoms with Gasteiger partial charge in [-0.25, -0.2) is 0 Å². The third kappa shape index (κ3) is 5.41. The van der Waals surface area contributed by atoms with Crippen LogP contribution in [0.2, 0.25) is 0 Å². The van der Waals surface area contributed by atoms with Crippen molar-refractivity contribution in [3.8, 4) is 11.5 Å². The highest BCUT2D eigenvalue weighted by Gasteiger charge is 2.31. The summed E-state index contributed by atoms with van der Waals surface area (Å²) in [5.41, 5.74) is 1.11. The maximum absolute atomic E-state index is 12.4. The Morgan fingerprint density at radius 1 is 1.08 bits per heavy atom. The number of rotatable bonds is 6. The van der Waals surface area contributed by atoms with Gasteiger partial charge < -0.3 is 14.4 Å². The molecule has 0 fully saturated rings. The Bertz CT molecular complexity index is 714. The van der Waals surface area contributed by atoms with Crippen LogP contribution in [0.25, 0.3) is 0 Å². The van der Waals surface area contributed by atoms with Gasteiger partial charge in [-0.1, -0.05) is 18.2 Å². The van der Waals surface area contributed by atoms with Gasteiger partial charge in [0.15, 0.2) is 0 Å². The number of nitrogens with zero attached hydrogens (tertiary/aromatic N) is 1. The summed E-state index contributed by atoms with van der Waals surface area (Å²) in [6.07, 6.45) is -4.76. The molecule has 0 saturated carbocycles. The van der Waals surface area contributed by atoms with Gasteiger partial charge in [-0.2, -0.15) is 0 Å². The summed E-state index contributed by atoms with van der Waals surface area (Å²) in [5, 5.41) is 0. The van der Waals surface area contributed by atoms with Crippen molar-refractivity contribution in [3.05, 3.63) is 59.7 Å². The van der Waals surface area contributed by atoms with Crippen molar-refractivity contribution >= 4 is 5.91 Å². The third-order valence-corrected chi connectivity index (χ3v) is 3.36. The zero-order valence-electron chi connectivity index (χ0n) is 13.8. The summed E-state index contributed by atoms with van der Waals surface area (Å²) >= 11 is 0. The first kappa shape index (κ1) is 18.6. The second kappa shape index (κ2) is 7.92. The Morgan fingerprint density at radius 2 is 1.72 bits per heavy atom. The van der Waals surface area contributed by atoms with Crippen molar-refractivity contribution in [1.29, 1.82) is 0 Å². The number of hydrogen-bond acceptors (Lipinski definition) is 3. The number of alkyl halides is 3. The lowest BCUT2D eigenvalue weighted by Gasteiger charge is -2.19. The van der Waals surface area contributed by atoms with Gasteiger partial charge in [-0.3, -0.25) is 4.79 Å². The lowest BCUT2D eigenvalue weighted by molar-refractivity contribution is -0.274. The van der Waals surface area contributed by atoms with Crippen molar-refractivity contribution in [2.75, 3.05) is 13.7 Å². The first-order chi connectivity index (χ1) is 11.8. The predicted molar refractivity (Wildman–Crippen MR) is 86.5 cm³/mol. The molecular formula is C18H18F3NO3. The van der Waals surface area contributed by atoms with Gasteiger partial charge >= 0.3 is 6.36 Å². The molecule has 1 amide bonds. The fraction of sp³-hybridized carbons (Fsp3) is 0.278. The standard InChI is InChI=1S/C18H18F3NO3/c1-3-24-16-7-5-4-6-14(16)12-22(2)17(23)13-8-10-15(11-9-13)25-18(19,20)21/h4-11H,3,12H2,1-2H3. The minimum absolute atomic E-state index is 0.269. The summed E-state index contributed by atoms with van der Waals surface area (Å²) in [6, 6.07) is 12.2. The average molecular weight is 353 g/mol. The quantitative estimate of drug-likeness (QED) is 0.779. The number of ether oxygens (including phenoxy) is 2. The van der Waals surface area contributed by atoms with Gasteiger partial charge in [-0.15, -0.1) is 13.2 Å². The molecule has 0 unspecified atom stereocenters. The van der Waals surface area contributed by atoms with Crippen LogP contribution in [-0.4, -0.2) is 30.8 Å². The molecule has 0 aliphatic heterocycles. The van der Waals surface area contributed by atoms with E-state index in [0.717, 1.165) is 17.7 Å². The molecule has 2 aromatic carbocycles. The molecule has 134 valence electrons. The van der Waals surface area contributed by atoms with Crippen molar-refractivity contribution in [3.63, 3.8) is 0 Å². The van der Waals surface area contributed by atoms with Crippen LogP contribution in [0.4, 0.5) is 13.2 Å². The minimum atomic E-state index is -4.76. The molecule has 0 saturated heterocycles. The largest absolute Gasteiger partial charge is 0.573 e. The van der Waals surface area contributed by atoms with Crippen LogP contribution >= 0.6 is 0 Å². The second-order valence-electron chi connectivity index (χ2n) is 5.27. The van der Waals surface area contributed by atoms with E-state index in [9.17, 15) is 18.0 Å². The van der Waals surface area contributed by atoms with E-state index < -0.39 is 6.36 Å². The van der Waals surface area contributed by atoms with Crippen LogP contribution < -0.4 is 9.47 Å². The van der Waals surface area contributed by atoms with Crippen molar-refractivity contribution < 1.29 is 27.4 Å². The summed E-state index contributed by atoms with van der Waals surface area (Å²) < 4.78 is 45.8. The zero-order valence-corrected chi connectivity index (χ0v) is 13.8. The molecule has 0 spiro atoms. The number of para-hydroxylation sites is 1. The van der Waals surface area contributed by atoms with Gasteiger partial charge in [0.1, 0.15) is 11.5 Å². The molecule has 7 heteroatoms. The molecule has 2 aromatic rings. The fourth-order valence-corrected chi connectivity index (χ4v) is 2.28. The summed E-state index contributed by atoms with van der Waals surface area (Å²) in [7, 11) is 1.62. The smallest absolute Gasteiger partial charge is 0.494 e. The molecule has 0 N–H and O–H groups in total. The predicted octanol–water partition coefficient (Wildman–Crippen LogP) is 4.26. The van der Waals surface area contributed by atoms with E-state index in [1.165, 1.54) is 17.0 Å². The van der Waals surface area contributed by atoms with E-state index >= 15 is 0 Å². The molecule has 0 radical (unpaired) electrons. The highest BCUT2D eigenvalue weighted by Crippen LogP contribution is 2.24.